The minimum Gasteiger partial charge on any atom is -0.298 e. The van der Waals surface area contributed by atoms with Crippen molar-refractivity contribution >= 4 is 6.29 Å². The first-order valence-corrected chi connectivity index (χ1v) is 4.84. The molecule has 0 aromatic carbocycles. The quantitative estimate of drug-likeness (QED) is 0.736. The Labute approximate surface area is 91.7 Å². The first kappa shape index (κ1) is 10.5. The normalized spacial score (nSPS) is 10.3. The fourth-order valence-electron chi connectivity index (χ4n) is 1.46. The molecular formula is C11H10FN3O. The number of aromatic nitrogens is 3. The van der Waals surface area contributed by atoms with Gasteiger partial charge in [-0.15, -0.1) is 0 Å². The number of carbonyl (C=O) groups is 1. The fourth-order valence-corrected chi connectivity index (χ4v) is 1.46. The van der Waals surface area contributed by atoms with Gasteiger partial charge in [0.05, 0.1) is 12.1 Å². The van der Waals surface area contributed by atoms with Crippen LogP contribution < -0.4 is 0 Å². The van der Waals surface area contributed by atoms with E-state index in [0.29, 0.717) is 11.3 Å². The SMILES string of the molecule is O=Cc1cn(CCF)nc1-c1ccncc1. The maximum Gasteiger partial charge on any atom is 0.153 e. The van der Waals surface area contributed by atoms with Gasteiger partial charge >= 0.3 is 0 Å². The highest BCUT2D eigenvalue weighted by atomic mass is 19.1. The van der Waals surface area contributed by atoms with Gasteiger partial charge < -0.3 is 0 Å². The highest BCUT2D eigenvalue weighted by Gasteiger charge is 2.09. The minimum absolute atomic E-state index is 0.159. The number of aldehydes is 1. The Bertz CT molecular complexity index is 481. The molecule has 0 aliphatic carbocycles. The third-order valence-electron chi connectivity index (χ3n) is 2.18. The van der Waals surface area contributed by atoms with Crippen molar-refractivity contribution in [2.75, 3.05) is 6.67 Å². The van der Waals surface area contributed by atoms with Crippen LogP contribution in [0.5, 0.6) is 0 Å². The lowest BCUT2D eigenvalue weighted by Gasteiger charge is -1.96. The van der Waals surface area contributed by atoms with Crippen molar-refractivity contribution in [3.8, 4) is 11.3 Å². The second kappa shape index (κ2) is 4.65. The molecule has 4 nitrogen and oxygen atoms in total. The molecule has 2 aromatic heterocycles. The van der Waals surface area contributed by atoms with Gasteiger partial charge in [0.15, 0.2) is 6.29 Å². The van der Waals surface area contributed by atoms with Gasteiger partial charge in [0.1, 0.15) is 12.4 Å². The van der Waals surface area contributed by atoms with E-state index in [2.05, 4.69) is 10.1 Å². The number of hydrogen-bond donors (Lipinski definition) is 0. The molecule has 0 fully saturated rings. The van der Waals surface area contributed by atoms with E-state index in [0.717, 1.165) is 11.8 Å². The van der Waals surface area contributed by atoms with Gasteiger partial charge in [0, 0.05) is 24.2 Å². The molecule has 0 aliphatic heterocycles. The average molecular weight is 219 g/mol. The number of hydrogen-bond acceptors (Lipinski definition) is 3. The van der Waals surface area contributed by atoms with E-state index in [1.807, 2.05) is 0 Å². The van der Waals surface area contributed by atoms with Crippen LogP contribution in [0.4, 0.5) is 4.39 Å². The van der Waals surface area contributed by atoms with E-state index in [1.54, 1.807) is 30.7 Å². The average Bonchev–Trinajstić information content (AvgIpc) is 2.74. The molecule has 0 spiro atoms. The first-order chi connectivity index (χ1) is 7.85. The second-order valence-electron chi connectivity index (χ2n) is 3.24. The summed E-state index contributed by atoms with van der Waals surface area (Å²) in [4.78, 5) is 14.7. The smallest absolute Gasteiger partial charge is 0.153 e. The topological polar surface area (TPSA) is 47.8 Å². The predicted octanol–water partition coefficient (Wildman–Crippen LogP) is 1.73. The van der Waals surface area contributed by atoms with Crippen LogP contribution in [0.25, 0.3) is 11.3 Å². The van der Waals surface area contributed by atoms with Crippen molar-refractivity contribution < 1.29 is 9.18 Å². The summed E-state index contributed by atoms with van der Waals surface area (Å²) in [6.07, 6.45) is 5.51. The number of rotatable bonds is 4. The van der Waals surface area contributed by atoms with Crippen molar-refractivity contribution in [3.63, 3.8) is 0 Å². The predicted molar refractivity (Wildman–Crippen MR) is 56.8 cm³/mol. The van der Waals surface area contributed by atoms with Crippen molar-refractivity contribution in [3.05, 3.63) is 36.3 Å². The summed E-state index contributed by atoms with van der Waals surface area (Å²) < 4.78 is 13.6. The van der Waals surface area contributed by atoms with E-state index < -0.39 is 6.67 Å². The number of alkyl halides is 1. The van der Waals surface area contributed by atoms with E-state index in [4.69, 9.17) is 0 Å². The van der Waals surface area contributed by atoms with Crippen LogP contribution in [0.2, 0.25) is 0 Å². The molecule has 0 aliphatic rings. The zero-order valence-corrected chi connectivity index (χ0v) is 8.51. The second-order valence-corrected chi connectivity index (χ2v) is 3.24. The lowest BCUT2D eigenvalue weighted by molar-refractivity contribution is 0.112. The molecule has 0 unspecified atom stereocenters. The maximum atomic E-state index is 12.2. The molecule has 0 radical (unpaired) electrons. The van der Waals surface area contributed by atoms with Crippen LogP contribution in [0.15, 0.2) is 30.7 Å². The van der Waals surface area contributed by atoms with Crippen LogP contribution in [0, 0.1) is 0 Å². The van der Waals surface area contributed by atoms with Crippen LogP contribution in [0.1, 0.15) is 10.4 Å². The van der Waals surface area contributed by atoms with Crippen molar-refractivity contribution in [2.24, 2.45) is 0 Å². The summed E-state index contributed by atoms with van der Waals surface area (Å²) in [5, 5.41) is 4.16. The number of pyridine rings is 1. The largest absolute Gasteiger partial charge is 0.298 e. The van der Waals surface area contributed by atoms with Crippen LogP contribution in [-0.2, 0) is 6.54 Å². The van der Waals surface area contributed by atoms with Crippen molar-refractivity contribution in [1.29, 1.82) is 0 Å². The standard InChI is InChI=1S/C11H10FN3O/c12-3-6-15-7-10(8-16)11(14-15)9-1-4-13-5-2-9/h1-2,4-5,7-8H,3,6H2. The molecule has 0 saturated carbocycles. The highest BCUT2D eigenvalue weighted by Crippen LogP contribution is 2.19. The zero-order valence-electron chi connectivity index (χ0n) is 8.51. The summed E-state index contributed by atoms with van der Waals surface area (Å²) in [6.45, 7) is -0.346. The minimum atomic E-state index is -0.504. The zero-order chi connectivity index (χ0) is 11.4. The molecule has 0 atom stereocenters. The third-order valence-corrected chi connectivity index (χ3v) is 2.18. The molecule has 5 heteroatoms. The van der Waals surface area contributed by atoms with Gasteiger partial charge in [-0.05, 0) is 12.1 Å². The summed E-state index contributed by atoms with van der Waals surface area (Å²) in [5.41, 5.74) is 1.82. The number of aryl methyl sites for hydroxylation is 1. The van der Waals surface area contributed by atoms with E-state index >= 15 is 0 Å². The van der Waals surface area contributed by atoms with Crippen molar-refractivity contribution in [2.45, 2.75) is 6.54 Å². The monoisotopic (exact) mass is 219 g/mol. The van der Waals surface area contributed by atoms with Gasteiger partial charge in [0.2, 0.25) is 0 Å². The molecular weight excluding hydrogens is 209 g/mol. The number of carbonyl (C=O) groups excluding carboxylic acids is 1. The Morgan fingerprint density at radius 2 is 2.12 bits per heavy atom. The Morgan fingerprint density at radius 1 is 1.38 bits per heavy atom. The molecule has 82 valence electrons. The molecule has 16 heavy (non-hydrogen) atoms. The molecule has 0 saturated heterocycles. The number of nitrogens with zero attached hydrogens (tertiary/aromatic N) is 3. The van der Waals surface area contributed by atoms with E-state index in [-0.39, 0.29) is 6.54 Å². The van der Waals surface area contributed by atoms with Crippen molar-refractivity contribution in [1.82, 2.24) is 14.8 Å². The summed E-state index contributed by atoms with van der Waals surface area (Å²) in [5.74, 6) is 0. The Morgan fingerprint density at radius 3 is 2.75 bits per heavy atom. The Hall–Kier alpha value is -2.04. The van der Waals surface area contributed by atoms with Gasteiger partial charge in [-0.2, -0.15) is 5.10 Å². The van der Waals surface area contributed by atoms with Crippen LogP contribution >= 0.6 is 0 Å². The van der Waals surface area contributed by atoms with E-state index in [9.17, 15) is 9.18 Å². The molecule has 0 bridgehead atoms. The van der Waals surface area contributed by atoms with Gasteiger partial charge in [-0.25, -0.2) is 4.39 Å². The summed E-state index contributed by atoms with van der Waals surface area (Å²) in [7, 11) is 0. The highest BCUT2D eigenvalue weighted by molar-refractivity contribution is 5.85. The summed E-state index contributed by atoms with van der Waals surface area (Å²) in [6, 6.07) is 3.52. The molecule has 2 heterocycles. The molecule has 2 aromatic rings. The first-order valence-electron chi connectivity index (χ1n) is 4.84. The maximum absolute atomic E-state index is 12.2. The molecule has 2 rings (SSSR count). The van der Waals surface area contributed by atoms with Gasteiger partial charge in [-0.1, -0.05) is 0 Å². The Balaban J connectivity index is 2.43. The lowest BCUT2D eigenvalue weighted by atomic mass is 10.1. The third kappa shape index (κ3) is 1.98. The molecule has 0 amide bonds. The number of halogens is 1. The van der Waals surface area contributed by atoms with E-state index in [1.165, 1.54) is 4.68 Å². The lowest BCUT2D eigenvalue weighted by Crippen LogP contribution is -1.99. The van der Waals surface area contributed by atoms with Gasteiger partial charge in [-0.3, -0.25) is 14.5 Å². The van der Waals surface area contributed by atoms with Gasteiger partial charge in [0.25, 0.3) is 0 Å². The molecule has 0 N–H and O–H groups in total. The van der Waals surface area contributed by atoms with Crippen LogP contribution in [0.3, 0.4) is 0 Å². The Kier molecular flexibility index (Phi) is 3.05. The fraction of sp³-hybridized carbons (Fsp3) is 0.182. The van der Waals surface area contributed by atoms with Crippen LogP contribution in [-0.4, -0.2) is 27.7 Å². The summed E-state index contributed by atoms with van der Waals surface area (Å²) >= 11 is 0.